The number of hydrogen-bond donors (Lipinski definition) is 4. The second-order valence-electron chi connectivity index (χ2n) is 10.9. The van der Waals surface area contributed by atoms with Crippen LogP contribution in [0.15, 0.2) is 78.9 Å². The molecule has 4 N–H and O–H groups in total. The van der Waals surface area contributed by atoms with Crippen molar-refractivity contribution in [1.82, 2.24) is 4.90 Å². The molecule has 0 radical (unpaired) electrons. The van der Waals surface area contributed by atoms with Gasteiger partial charge >= 0.3 is 5.97 Å². The zero-order chi connectivity index (χ0) is 30.2. The maximum absolute atomic E-state index is 12.1. The van der Waals surface area contributed by atoms with Crippen LogP contribution in [-0.4, -0.2) is 57.8 Å². The van der Waals surface area contributed by atoms with Gasteiger partial charge in [0.2, 0.25) is 5.91 Å². The van der Waals surface area contributed by atoms with Crippen LogP contribution in [0.5, 0.6) is 0 Å². The van der Waals surface area contributed by atoms with E-state index in [0.29, 0.717) is 12.2 Å². The van der Waals surface area contributed by atoms with E-state index in [2.05, 4.69) is 17.1 Å². The number of aliphatic carboxylic acids is 1. The van der Waals surface area contributed by atoms with E-state index in [1.807, 2.05) is 80.7 Å². The Kier molecular flexibility index (Phi) is 10.8. The van der Waals surface area contributed by atoms with E-state index >= 15 is 0 Å². The predicted octanol–water partition coefficient (Wildman–Crippen LogP) is 4.83. The van der Waals surface area contributed by atoms with E-state index in [1.165, 1.54) is 0 Å². The molecule has 42 heavy (non-hydrogen) atoms. The Labute approximate surface area is 246 Å². The van der Waals surface area contributed by atoms with E-state index in [-0.39, 0.29) is 49.5 Å². The number of likely N-dealkylation sites (N-methyl/N-ethyl adjacent to an activating group) is 1. The molecular formula is C33H40N2O7. The van der Waals surface area contributed by atoms with E-state index in [4.69, 9.17) is 14.6 Å². The Bertz CT molecular complexity index is 1300. The average molecular weight is 577 g/mol. The molecule has 3 aromatic rings. The first-order valence-corrected chi connectivity index (χ1v) is 14.2. The van der Waals surface area contributed by atoms with Crippen molar-refractivity contribution in [3.63, 3.8) is 0 Å². The fourth-order valence-electron chi connectivity index (χ4n) is 5.12. The van der Waals surface area contributed by atoms with Crippen LogP contribution in [0.1, 0.15) is 67.4 Å². The number of carboxylic acids is 1. The molecule has 0 aliphatic carbocycles. The number of anilines is 1. The van der Waals surface area contributed by atoms with Crippen LogP contribution in [0, 0.1) is 5.92 Å². The van der Waals surface area contributed by atoms with Crippen LogP contribution in [0.3, 0.4) is 0 Å². The van der Waals surface area contributed by atoms with Crippen LogP contribution in [-0.2, 0) is 25.7 Å². The summed E-state index contributed by atoms with van der Waals surface area (Å²) in [6.07, 6.45) is -2.22. The molecule has 0 spiro atoms. The molecule has 0 saturated carbocycles. The molecule has 9 nitrogen and oxygen atoms in total. The molecule has 1 fully saturated rings. The summed E-state index contributed by atoms with van der Waals surface area (Å²) in [6, 6.07) is 24.3. The Morgan fingerprint density at radius 3 is 2.19 bits per heavy atom. The van der Waals surface area contributed by atoms with Crippen molar-refractivity contribution in [1.29, 1.82) is 0 Å². The number of hydrogen-bond acceptors (Lipinski definition) is 7. The molecule has 1 saturated heterocycles. The molecule has 1 amide bonds. The van der Waals surface area contributed by atoms with Gasteiger partial charge in [-0.15, -0.1) is 0 Å². The van der Waals surface area contributed by atoms with Crippen molar-refractivity contribution >= 4 is 17.6 Å². The Morgan fingerprint density at radius 2 is 1.57 bits per heavy atom. The molecule has 0 bridgehead atoms. The fourth-order valence-corrected chi connectivity index (χ4v) is 5.12. The number of aliphatic hydroxyl groups is 2. The smallest absolute Gasteiger partial charge is 0.303 e. The lowest BCUT2D eigenvalue weighted by Gasteiger charge is -2.43. The Hall–Kier alpha value is -3.60. The van der Waals surface area contributed by atoms with Gasteiger partial charge < -0.3 is 30.1 Å². The average Bonchev–Trinajstić information content (AvgIpc) is 3.01. The number of nitrogens with one attached hydrogen (secondary N) is 1. The lowest BCUT2D eigenvalue weighted by atomic mass is 9.89. The van der Waals surface area contributed by atoms with Gasteiger partial charge in [0.05, 0.1) is 31.3 Å². The highest BCUT2D eigenvalue weighted by Gasteiger charge is 2.39. The van der Waals surface area contributed by atoms with Gasteiger partial charge in [-0.05, 0) is 42.8 Å². The van der Waals surface area contributed by atoms with Crippen molar-refractivity contribution in [3.8, 4) is 0 Å². The predicted molar refractivity (Wildman–Crippen MR) is 158 cm³/mol. The van der Waals surface area contributed by atoms with Gasteiger partial charge in [-0.25, -0.2) is 0 Å². The zero-order valence-electron chi connectivity index (χ0n) is 24.2. The zero-order valence-corrected chi connectivity index (χ0v) is 24.2. The number of amides is 1. The second-order valence-corrected chi connectivity index (χ2v) is 10.9. The summed E-state index contributed by atoms with van der Waals surface area (Å²) >= 11 is 0. The maximum Gasteiger partial charge on any atom is 0.303 e. The highest BCUT2D eigenvalue weighted by molar-refractivity contribution is 5.92. The van der Waals surface area contributed by atoms with E-state index in [0.717, 1.165) is 22.3 Å². The molecule has 0 aromatic heterocycles. The molecule has 3 aromatic carbocycles. The lowest BCUT2D eigenvalue weighted by Crippen LogP contribution is -2.46. The van der Waals surface area contributed by atoms with Crippen LogP contribution in [0.25, 0.3) is 0 Å². The highest BCUT2D eigenvalue weighted by atomic mass is 16.7. The normalized spacial score (nSPS) is 22.0. The van der Waals surface area contributed by atoms with E-state index < -0.39 is 18.4 Å². The van der Waals surface area contributed by atoms with Gasteiger partial charge in [0.25, 0.3) is 0 Å². The summed E-state index contributed by atoms with van der Waals surface area (Å²) in [6.45, 7) is 4.59. The van der Waals surface area contributed by atoms with Gasteiger partial charge in [-0.1, -0.05) is 73.7 Å². The minimum absolute atomic E-state index is 0.0301. The third-order valence-corrected chi connectivity index (χ3v) is 7.92. The number of carboxylic acid groups (broad SMARTS) is 1. The summed E-state index contributed by atoms with van der Waals surface area (Å²) in [5.41, 5.74) is 3.96. The second kappa shape index (κ2) is 14.5. The fraction of sp³-hybridized carbons (Fsp3) is 0.394. The largest absolute Gasteiger partial charge is 0.481 e. The van der Waals surface area contributed by atoms with Gasteiger partial charge in [0.15, 0.2) is 6.29 Å². The molecule has 0 unspecified atom stereocenters. The maximum atomic E-state index is 12.1. The van der Waals surface area contributed by atoms with E-state index in [1.54, 1.807) is 12.1 Å². The van der Waals surface area contributed by atoms with Gasteiger partial charge in [-0.2, -0.15) is 0 Å². The lowest BCUT2D eigenvalue weighted by molar-refractivity contribution is -0.276. The molecule has 224 valence electrons. The Morgan fingerprint density at radius 1 is 0.929 bits per heavy atom. The first-order valence-electron chi connectivity index (χ1n) is 14.2. The minimum atomic E-state index is -1.02. The van der Waals surface area contributed by atoms with Crippen LogP contribution < -0.4 is 5.32 Å². The van der Waals surface area contributed by atoms with Gasteiger partial charge in [0, 0.05) is 36.2 Å². The number of nitrogens with zero attached hydrogens (tertiary/aromatic N) is 1. The Balaban J connectivity index is 1.52. The highest BCUT2D eigenvalue weighted by Crippen LogP contribution is 2.42. The quantitative estimate of drug-likeness (QED) is 0.241. The summed E-state index contributed by atoms with van der Waals surface area (Å²) in [7, 11) is 1.98. The number of aliphatic hydroxyl groups excluding tert-OH is 2. The van der Waals surface area contributed by atoms with Crippen molar-refractivity contribution in [3.05, 3.63) is 101 Å². The number of carbonyl (C=O) groups is 2. The first-order chi connectivity index (χ1) is 20.2. The molecular weight excluding hydrogens is 536 g/mol. The standard InChI is InChI=1S/C33H40N2O7/c1-21-28(19-35(3)22(2)31(40)24-7-5-4-6-8-24)41-33(42-32(21)25-11-9-23(20-36)10-12-25)26-13-15-27(16-14-26)34-29(37)17-18-30(38)39/h4-16,21-22,28,31-33,36,40H,17-20H2,1-3H3,(H,34,37)(H,38,39)/t21-,22-,28+,31-,32+,33+/m1/s1. The van der Waals surface area contributed by atoms with Crippen molar-refractivity contribution < 1.29 is 34.4 Å². The minimum Gasteiger partial charge on any atom is -0.481 e. The third-order valence-electron chi connectivity index (χ3n) is 7.92. The molecule has 6 atom stereocenters. The van der Waals surface area contributed by atoms with Gasteiger partial charge in [-0.3, -0.25) is 14.5 Å². The first kappa shape index (κ1) is 31.3. The molecule has 9 heteroatoms. The summed E-state index contributed by atoms with van der Waals surface area (Å²) in [4.78, 5) is 24.9. The summed E-state index contributed by atoms with van der Waals surface area (Å²) < 4.78 is 13.0. The topological polar surface area (TPSA) is 129 Å². The van der Waals surface area contributed by atoms with Crippen LogP contribution >= 0.6 is 0 Å². The van der Waals surface area contributed by atoms with Crippen molar-refractivity contribution in [2.24, 2.45) is 5.92 Å². The van der Waals surface area contributed by atoms with Gasteiger partial charge in [0.1, 0.15) is 0 Å². The summed E-state index contributed by atoms with van der Waals surface area (Å²) in [5, 5.41) is 32.1. The van der Waals surface area contributed by atoms with Crippen LogP contribution in [0.4, 0.5) is 5.69 Å². The summed E-state index contributed by atoms with van der Waals surface area (Å²) in [5.74, 6) is -1.42. The molecule has 4 rings (SSSR count). The number of ether oxygens (including phenoxy) is 2. The number of carbonyl (C=O) groups excluding carboxylic acids is 1. The van der Waals surface area contributed by atoms with Crippen LogP contribution in [0.2, 0.25) is 0 Å². The van der Waals surface area contributed by atoms with E-state index in [9.17, 15) is 19.8 Å². The van der Waals surface area contributed by atoms with Crippen molar-refractivity contribution in [2.75, 3.05) is 18.9 Å². The number of rotatable bonds is 12. The van der Waals surface area contributed by atoms with Crippen molar-refractivity contribution in [2.45, 2.75) is 63.9 Å². The monoisotopic (exact) mass is 576 g/mol. The SMILES string of the molecule is C[C@@H]1[C@H](CN(C)[C@H](C)[C@@H](O)c2ccccc2)O[C@H](c2ccc(NC(=O)CCC(=O)O)cc2)O[C@@H]1c1ccc(CO)cc1. The molecule has 1 aliphatic rings. The molecule has 1 heterocycles. The third kappa shape index (κ3) is 8.02. The molecule has 1 aliphatic heterocycles. The number of benzene rings is 3.